The van der Waals surface area contributed by atoms with E-state index in [0.717, 1.165) is 29.7 Å². The quantitative estimate of drug-likeness (QED) is 0.923. The zero-order valence-electron chi connectivity index (χ0n) is 13.0. The van der Waals surface area contributed by atoms with Gasteiger partial charge >= 0.3 is 5.97 Å². The lowest BCUT2D eigenvalue weighted by molar-refractivity contribution is -0.141. The molecule has 0 spiro atoms. The van der Waals surface area contributed by atoms with Crippen LogP contribution in [0.2, 0.25) is 0 Å². The Morgan fingerprint density at radius 3 is 2.64 bits per heavy atom. The fraction of sp³-hybridized carbons (Fsp3) is 0.529. The van der Waals surface area contributed by atoms with Crippen molar-refractivity contribution in [3.8, 4) is 5.75 Å². The van der Waals surface area contributed by atoms with E-state index in [-0.39, 0.29) is 5.91 Å². The summed E-state index contributed by atoms with van der Waals surface area (Å²) in [6.07, 6.45) is 2.20. The van der Waals surface area contributed by atoms with E-state index in [1.165, 1.54) is 0 Å². The molecule has 1 aliphatic carbocycles. The second-order valence-electron chi connectivity index (χ2n) is 6.34. The molecule has 22 heavy (non-hydrogen) atoms. The van der Waals surface area contributed by atoms with Crippen LogP contribution in [-0.2, 0) is 15.0 Å². The summed E-state index contributed by atoms with van der Waals surface area (Å²) in [5, 5.41) is 9.09. The molecule has 1 aromatic carbocycles. The second-order valence-corrected chi connectivity index (χ2v) is 6.34. The summed E-state index contributed by atoms with van der Waals surface area (Å²) in [6.45, 7) is 2.85. The molecule has 118 valence electrons. The summed E-state index contributed by atoms with van der Waals surface area (Å²) in [7, 11) is 1.63. The average molecular weight is 303 g/mol. The minimum absolute atomic E-state index is 0.0714. The Bertz CT molecular complexity index is 621. The van der Waals surface area contributed by atoms with Gasteiger partial charge in [-0.05, 0) is 43.4 Å². The van der Waals surface area contributed by atoms with Crippen LogP contribution in [0.25, 0.3) is 0 Å². The Morgan fingerprint density at radius 2 is 2.09 bits per heavy atom. The van der Waals surface area contributed by atoms with Gasteiger partial charge in [-0.1, -0.05) is 12.1 Å². The molecule has 1 unspecified atom stereocenters. The predicted octanol–water partition coefficient (Wildman–Crippen LogP) is 1.97. The first kappa shape index (κ1) is 14.9. The maximum Gasteiger partial charge on any atom is 0.308 e. The molecule has 0 bridgehead atoms. The normalized spacial score (nSPS) is 22.5. The number of methoxy groups -OCH3 is 1. The third-order valence-corrected chi connectivity index (χ3v) is 4.94. The summed E-state index contributed by atoms with van der Waals surface area (Å²) in [5.74, 6) is -0.368. The molecule has 1 aromatic rings. The number of aliphatic carboxylic acids is 1. The number of rotatable bonds is 4. The Morgan fingerprint density at radius 1 is 1.36 bits per heavy atom. The number of carbonyl (C=O) groups is 2. The summed E-state index contributed by atoms with van der Waals surface area (Å²) in [4.78, 5) is 25.7. The molecule has 3 rings (SSSR count). The van der Waals surface area contributed by atoms with Gasteiger partial charge in [0.1, 0.15) is 5.75 Å². The molecule has 1 heterocycles. The lowest BCUT2D eigenvalue weighted by Gasteiger charge is -2.24. The number of likely N-dealkylation sites (tertiary alicyclic amines) is 1. The maximum absolute atomic E-state index is 12.9. The van der Waals surface area contributed by atoms with Crippen LogP contribution >= 0.6 is 0 Å². The molecule has 1 saturated carbocycles. The van der Waals surface area contributed by atoms with Gasteiger partial charge in [0.2, 0.25) is 5.91 Å². The summed E-state index contributed by atoms with van der Waals surface area (Å²) in [5.41, 5.74) is 1.56. The number of hydrogen-bond donors (Lipinski definition) is 1. The Kier molecular flexibility index (Phi) is 3.59. The van der Waals surface area contributed by atoms with Crippen molar-refractivity contribution in [2.45, 2.75) is 31.6 Å². The third kappa shape index (κ3) is 2.34. The zero-order valence-corrected chi connectivity index (χ0v) is 13.0. The number of benzene rings is 1. The summed E-state index contributed by atoms with van der Waals surface area (Å²) in [6, 6.07) is 5.92. The Labute approximate surface area is 129 Å². The molecule has 2 aliphatic rings. The molecule has 1 aliphatic heterocycles. The molecule has 1 N–H and O–H groups in total. The van der Waals surface area contributed by atoms with Gasteiger partial charge in [-0.3, -0.25) is 9.59 Å². The highest BCUT2D eigenvalue weighted by Crippen LogP contribution is 2.51. The lowest BCUT2D eigenvalue weighted by Crippen LogP contribution is -2.38. The first-order chi connectivity index (χ1) is 10.5. The third-order valence-electron chi connectivity index (χ3n) is 4.94. The van der Waals surface area contributed by atoms with Crippen LogP contribution in [0.3, 0.4) is 0 Å². The zero-order chi connectivity index (χ0) is 15.9. The molecule has 5 heteroatoms. The van der Waals surface area contributed by atoms with E-state index in [2.05, 4.69) is 0 Å². The van der Waals surface area contributed by atoms with Crippen molar-refractivity contribution in [3.63, 3.8) is 0 Å². The van der Waals surface area contributed by atoms with E-state index in [0.29, 0.717) is 19.5 Å². The van der Waals surface area contributed by atoms with Crippen LogP contribution in [0.5, 0.6) is 5.75 Å². The average Bonchev–Trinajstić information content (AvgIpc) is 3.16. The van der Waals surface area contributed by atoms with E-state index in [9.17, 15) is 9.59 Å². The van der Waals surface area contributed by atoms with Crippen molar-refractivity contribution in [2.24, 2.45) is 5.92 Å². The number of carboxylic acid groups (broad SMARTS) is 1. The van der Waals surface area contributed by atoms with Gasteiger partial charge in [0.05, 0.1) is 18.4 Å². The van der Waals surface area contributed by atoms with Crippen LogP contribution < -0.4 is 4.74 Å². The van der Waals surface area contributed by atoms with Crippen molar-refractivity contribution in [3.05, 3.63) is 29.3 Å². The molecular formula is C17H21NO4. The van der Waals surface area contributed by atoms with Gasteiger partial charge in [0.15, 0.2) is 0 Å². The van der Waals surface area contributed by atoms with Gasteiger partial charge in [-0.15, -0.1) is 0 Å². The highest BCUT2D eigenvalue weighted by Gasteiger charge is 2.54. The fourth-order valence-corrected chi connectivity index (χ4v) is 3.32. The van der Waals surface area contributed by atoms with Crippen molar-refractivity contribution < 1.29 is 19.4 Å². The van der Waals surface area contributed by atoms with Crippen LogP contribution in [0, 0.1) is 12.8 Å². The van der Waals surface area contributed by atoms with E-state index in [1.807, 2.05) is 25.1 Å². The first-order valence-corrected chi connectivity index (χ1v) is 7.65. The lowest BCUT2D eigenvalue weighted by atomic mass is 9.93. The molecule has 1 saturated heterocycles. The highest BCUT2D eigenvalue weighted by molar-refractivity contribution is 5.92. The van der Waals surface area contributed by atoms with Crippen LogP contribution in [0.4, 0.5) is 0 Å². The number of hydrogen-bond acceptors (Lipinski definition) is 3. The molecule has 1 amide bonds. The van der Waals surface area contributed by atoms with Crippen LogP contribution in [-0.4, -0.2) is 42.1 Å². The van der Waals surface area contributed by atoms with Gasteiger partial charge in [0.25, 0.3) is 0 Å². The molecule has 2 fully saturated rings. The van der Waals surface area contributed by atoms with Crippen molar-refractivity contribution >= 4 is 11.9 Å². The van der Waals surface area contributed by atoms with Gasteiger partial charge in [0, 0.05) is 13.1 Å². The molecule has 0 aromatic heterocycles. The van der Waals surface area contributed by atoms with Gasteiger partial charge < -0.3 is 14.7 Å². The minimum atomic E-state index is -0.808. The number of carbonyl (C=O) groups excluding carboxylic acids is 1. The molecular weight excluding hydrogens is 282 g/mol. The SMILES string of the molecule is COc1cc(C2(C(=O)N3CCC(C(=O)O)C3)CC2)ccc1C. The van der Waals surface area contributed by atoms with Gasteiger partial charge in [-0.25, -0.2) is 0 Å². The number of nitrogens with zero attached hydrogens (tertiary/aromatic N) is 1. The fourth-order valence-electron chi connectivity index (χ4n) is 3.32. The van der Waals surface area contributed by atoms with Crippen LogP contribution in [0.1, 0.15) is 30.4 Å². The van der Waals surface area contributed by atoms with E-state index < -0.39 is 17.3 Å². The standard InChI is InChI=1S/C17H21NO4/c1-11-3-4-13(9-14(11)22-2)17(6-7-17)16(21)18-8-5-12(10-18)15(19)20/h3-4,9,12H,5-8,10H2,1-2H3,(H,19,20). The minimum Gasteiger partial charge on any atom is -0.496 e. The number of carboxylic acids is 1. The second kappa shape index (κ2) is 5.30. The smallest absolute Gasteiger partial charge is 0.308 e. The van der Waals surface area contributed by atoms with E-state index >= 15 is 0 Å². The van der Waals surface area contributed by atoms with Crippen molar-refractivity contribution in [2.75, 3.05) is 20.2 Å². The Hall–Kier alpha value is -2.04. The number of amides is 1. The molecule has 1 atom stereocenters. The van der Waals surface area contributed by atoms with Gasteiger partial charge in [-0.2, -0.15) is 0 Å². The molecule has 0 radical (unpaired) electrons. The topological polar surface area (TPSA) is 66.8 Å². The van der Waals surface area contributed by atoms with E-state index in [1.54, 1.807) is 12.0 Å². The Balaban J connectivity index is 1.82. The molecule has 5 nitrogen and oxygen atoms in total. The predicted molar refractivity (Wildman–Crippen MR) is 81.0 cm³/mol. The maximum atomic E-state index is 12.9. The van der Waals surface area contributed by atoms with Crippen molar-refractivity contribution in [1.29, 1.82) is 0 Å². The largest absolute Gasteiger partial charge is 0.496 e. The van der Waals surface area contributed by atoms with Crippen molar-refractivity contribution in [1.82, 2.24) is 4.90 Å². The monoisotopic (exact) mass is 303 g/mol. The number of aryl methyl sites for hydroxylation is 1. The van der Waals surface area contributed by atoms with E-state index in [4.69, 9.17) is 9.84 Å². The summed E-state index contributed by atoms with van der Waals surface area (Å²) >= 11 is 0. The first-order valence-electron chi connectivity index (χ1n) is 7.65. The van der Waals surface area contributed by atoms with Crippen LogP contribution in [0.15, 0.2) is 18.2 Å². The highest BCUT2D eigenvalue weighted by atomic mass is 16.5. The summed E-state index contributed by atoms with van der Waals surface area (Å²) < 4.78 is 5.36. The number of ether oxygens (including phenoxy) is 1.